The van der Waals surface area contributed by atoms with Crippen molar-refractivity contribution in [2.24, 2.45) is 0 Å². The molecule has 9 heteroatoms. The molecule has 1 aromatic carbocycles. The molecule has 1 fully saturated rings. The van der Waals surface area contributed by atoms with E-state index in [1.165, 1.54) is 10.4 Å². The van der Waals surface area contributed by atoms with Gasteiger partial charge in [-0.3, -0.25) is 0 Å². The molecular weight excluding hydrogens is 366 g/mol. The second-order valence-corrected chi connectivity index (χ2v) is 8.95. The lowest BCUT2D eigenvalue weighted by atomic mass is 10.0. The zero-order valence-corrected chi connectivity index (χ0v) is 16.1. The normalized spacial score (nSPS) is 19.0. The quantitative estimate of drug-likeness (QED) is 0.579. The molecule has 0 bridgehead atoms. The second-order valence-electron chi connectivity index (χ2n) is 6.50. The van der Waals surface area contributed by atoms with Crippen LogP contribution in [-0.4, -0.2) is 73.9 Å². The minimum atomic E-state index is -3.46. The second kappa shape index (κ2) is 8.55. The summed E-state index contributed by atoms with van der Waals surface area (Å²) in [5, 5.41) is 22.9. The summed E-state index contributed by atoms with van der Waals surface area (Å²) in [6, 6.07) is 2.15. The molecule has 1 aliphatic heterocycles. The van der Waals surface area contributed by atoms with E-state index in [-0.39, 0.29) is 22.3 Å². The maximum absolute atomic E-state index is 12.7. The first-order chi connectivity index (χ1) is 11.7. The van der Waals surface area contributed by atoms with Crippen LogP contribution in [0.2, 0.25) is 5.02 Å². The monoisotopic (exact) mass is 391 g/mol. The number of benzene rings is 1. The van der Waals surface area contributed by atoms with Gasteiger partial charge in [-0.25, -0.2) is 8.42 Å². The average molecular weight is 392 g/mol. The van der Waals surface area contributed by atoms with Gasteiger partial charge in [-0.2, -0.15) is 4.31 Å². The van der Waals surface area contributed by atoms with Gasteiger partial charge in [0.05, 0.1) is 16.8 Å². The molecule has 1 aromatic rings. The van der Waals surface area contributed by atoms with E-state index in [1.807, 2.05) is 19.0 Å². The van der Waals surface area contributed by atoms with Crippen molar-refractivity contribution < 1.29 is 18.6 Å². The highest BCUT2D eigenvalue weighted by Gasteiger charge is 2.36. The molecule has 0 radical (unpaired) electrons. The molecule has 0 saturated carbocycles. The fraction of sp³-hybridized carbons (Fsp3) is 0.625. The van der Waals surface area contributed by atoms with Crippen molar-refractivity contribution in [3.05, 3.63) is 22.7 Å². The standard InChI is InChI=1S/C16H26ClN3O4S/c1-19(2)8-5-18-6-9-25(23,24)20-7-3-4-14(20)12-10-13(17)16(22)11-15(12)21/h10-11,14,18,21-22H,3-9H2,1-2H3. The topological polar surface area (TPSA) is 93.1 Å². The van der Waals surface area contributed by atoms with Crippen molar-refractivity contribution >= 4 is 21.6 Å². The summed E-state index contributed by atoms with van der Waals surface area (Å²) in [6.45, 7) is 2.36. The molecule has 1 aliphatic rings. The molecule has 1 saturated heterocycles. The molecule has 0 amide bonds. The molecule has 0 aromatic heterocycles. The largest absolute Gasteiger partial charge is 0.507 e. The van der Waals surface area contributed by atoms with Gasteiger partial charge in [0.2, 0.25) is 10.0 Å². The van der Waals surface area contributed by atoms with Gasteiger partial charge in [0, 0.05) is 37.8 Å². The van der Waals surface area contributed by atoms with Crippen LogP contribution < -0.4 is 5.32 Å². The summed E-state index contributed by atoms with van der Waals surface area (Å²) in [7, 11) is 0.464. The number of rotatable bonds is 8. The number of likely N-dealkylation sites (N-methyl/N-ethyl adjacent to an activating group) is 1. The van der Waals surface area contributed by atoms with Crippen molar-refractivity contribution in [1.29, 1.82) is 0 Å². The molecular formula is C16H26ClN3O4S. The van der Waals surface area contributed by atoms with Gasteiger partial charge >= 0.3 is 0 Å². The van der Waals surface area contributed by atoms with Crippen LogP contribution in [0.3, 0.4) is 0 Å². The third-order valence-corrected chi connectivity index (χ3v) is 6.46. The van der Waals surface area contributed by atoms with Crippen molar-refractivity contribution in [2.75, 3.05) is 46.0 Å². The molecule has 7 nitrogen and oxygen atoms in total. The Labute approximate surface area is 154 Å². The van der Waals surface area contributed by atoms with Crippen molar-refractivity contribution in [3.8, 4) is 11.5 Å². The van der Waals surface area contributed by atoms with Gasteiger partial charge in [0.15, 0.2) is 0 Å². The Morgan fingerprint density at radius 3 is 2.68 bits per heavy atom. The van der Waals surface area contributed by atoms with E-state index in [0.29, 0.717) is 25.1 Å². The Balaban J connectivity index is 2.06. The van der Waals surface area contributed by atoms with Gasteiger partial charge in [0.25, 0.3) is 0 Å². The molecule has 1 atom stereocenters. The molecule has 3 N–H and O–H groups in total. The third-order valence-electron chi connectivity index (χ3n) is 4.29. The number of sulfonamides is 1. The lowest BCUT2D eigenvalue weighted by molar-refractivity contribution is 0.376. The molecule has 1 heterocycles. The lowest BCUT2D eigenvalue weighted by Crippen LogP contribution is -2.37. The van der Waals surface area contributed by atoms with Crippen LogP contribution in [0.1, 0.15) is 24.4 Å². The van der Waals surface area contributed by atoms with E-state index in [9.17, 15) is 18.6 Å². The van der Waals surface area contributed by atoms with Gasteiger partial charge in [-0.15, -0.1) is 0 Å². The Hall–Kier alpha value is -1.06. The number of nitrogens with one attached hydrogen (secondary N) is 1. The van der Waals surface area contributed by atoms with Gasteiger partial charge in [-0.05, 0) is 33.0 Å². The minimum Gasteiger partial charge on any atom is -0.507 e. The number of hydrogen-bond donors (Lipinski definition) is 3. The zero-order valence-electron chi connectivity index (χ0n) is 14.6. The lowest BCUT2D eigenvalue weighted by Gasteiger charge is -2.25. The number of phenols is 2. The van der Waals surface area contributed by atoms with Crippen LogP contribution >= 0.6 is 11.6 Å². The SMILES string of the molecule is CN(C)CCNCCS(=O)(=O)N1CCCC1c1cc(Cl)c(O)cc1O. The highest BCUT2D eigenvalue weighted by molar-refractivity contribution is 7.89. The maximum Gasteiger partial charge on any atom is 0.215 e. The molecule has 2 rings (SSSR count). The Morgan fingerprint density at radius 1 is 1.28 bits per heavy atom. The van der Waals surface area contributed by atoms with E-state index in [2.05, 4.69) is 5.32 Å². The van der Waals surface area contributed by atoms with Gasteiger partial charge in [-0.1, -0.05) is 11.6 Å². The van der Waals surface area contributed by atoms with Gasteiger partial charge < -0.3 is 20.4 Å². The molecule has 0 spiro atoms. The van der Waals surface area contributed by atoms with E-state index in [0.717, 1.165) is 25.6 Å². The van der Waals surface area contributed by atoms with Crippen LogP contribution in [0, 0.1) is 0 Å². The predicted octanol–water partition coefficient (Wildman–Crippen LogP) is 1.37. The van der Waals surface area contributed by atoms with Crippen molar-refractivity contribution in [3.63, 3.8) is 0 Å². The van der Waals surface area contributed by atoms with E-state index >= 15 is 0 Å². The first-order valence-corrected chi connectivity index (χ1v) is 10.3. The highest BCUT2D eigenvalue weighted by atomic mass is 35.5. The van der Waals surface area contributed by atoms with Crippen LogP contribution in [-0.2, 0) is 10.0 Å². The summed E-state index contributed by atoms with van der Waals surface area (Å²) >= 11 is 5.93. The Morgan fingerprint density at radius 2 is 2.00 bits per heavy atom. The van der Waals surface area contributed by atoms with Crippen molar-refractivity contribution in [2.45, 2.75) is 18.9 Å². The molecule has 0 aliphatic carbocycles. The molecule has 25 heavy (non-hydrogen) atoms. The average Bonchev–Trinajstić information content (AvgIpc) is 3.00. The number of halogens is 1. The smallest absolute Gasteiger partial charge is 0.215 e. The number of hydrogen-bond acceptors (Lipinski definition) is 6. The maximum atomic E-state index is 12.7. The summed E-state index contributed by atoms with van der Waals surface area (Å²) in [5.41, 5.74) is 0.435. The van der Waals surface area contributed by atoms with E-state index in [1.54, 1.807) is 0 Å². The van der Waals surface area contributed by atoms with E-state index in [4.69, 9.17) is 11.6 Å². The third kappa shape index (κ3) is 5.21. The fourth-order valence-electron chi connectivity index (χ4n) is 2.96. The summed E-state index contributed by atoms with van der Waals surface area (Å²) < 4.78 is 26.8. The Kier molecular flexibility index (Phi) is 6.93. The van der Waals surface area contributed by atoms with Gasteiger partial charge in [0.1, 0.15) is 11.5 Å². The van der Waals surface area contributed by atoms with Crippen LogP contribution in [0.25, 0.3) is 0 Å². The predicted molar refractivity (Wildman–Crippen MR) is 98.7 cm³/mol. The first kappa shape index (κ1) is 20.3. The fourth-order valence-corrected chi connectivity index (χ4v) is 4.79. The summed E-state index contributed by atoms with van der Waals surface area (Å²) in [4.78, 5) is 2.02. The molecule has 142 valence electrons. The first-order valence-electron chi connectivity index (χ1n) is 8.28. The van der Waals surface area contributed by atoms with Crippen LogP contribution in [0.15, 0.2) is 12.1 Å². The summed E-state index contributed by atoms with van der Waals surface area (Å²) in [6.07, 6.45) is 1.33. The van der Waals surface area contributed by atoms with Crippen LogP contribution in [0.5, 0.6) is 11.5 Å². The summed E-state index contributed by atoms with van der Waals surface area (Å²) in [5.74, 6) is -0.359. The highest BCUT2D eigenvalue weighted by Crippen LogP contribution is 2.42. The molecule has 1 unspecified atom stereocenters. The number of nitrogens with zero attached hydrogens (tertiary/aromatic N) is 2. The minimum absolute atomic E-state index is 0.00348. The number of aromatic hydroxyl groups is 2. The van der Waals surface area contributed by atoms with E-state index < -0.39 is 16.1 Å². The number of phenolic OH excluding ortho intramolecular Hbond substituents is 2. The zero-order chi connectivity index (χ0) is 18.6. The van der Waals surface area contributed by atoms with Crippen molar-refractivity contribution in [1.82, 2.24) is 14.5 Å². The Bertz CT molecular complexity index is 697. The van der Waals surface area contributed by atoms with Crippen LogP contribution in [0.4, 0.5) is 0 Å².